The molecule has 0 fully saturated rings. The van der Waals surface area contributed by atoms with Crippen LogP contribution in [0, 0.1) is 6.57 Å². The van der Waals surface area contributed by atoms with Gasteiger partial charge in [0.2, 0.25) is 5.69 Å². The van der Waals surface area contributed by atoms with Crippen molar-refractivity contribution in [1.82, 2.24) is 9.78 Å². The molecule has 0 aliphatic carbocycles. The first-order valence-electron chi connectivity index (χ1n) is 4.81. The lowest BCUT2D eigenvalue weighted by Gasteiger charge is -2.07. The zero-order chi connectivity index (χ0) is 13.3. The van der Waals surface area contributed by atoms with Crippen LogP contribution in [0.5, 0.6) is 0 Å². The topological polar surface area (TPSA) is 48.2 Å². The molecule has 0 aliphatic rings. The van der Waals surface area contributed by atoms with Crippen molar-refractivity contribution in [2.75, 3.05) is 5.73 Å². The fourth-order valence-corrected chi connectivity index (χ4v) is 1.48. The Bertz CT molecular complexity index is 622. The largest absolute Gasteiger partial charge is 0.419 e. The van der Waals surface area contributed by atoms with Crippen LogP contribution in [0.3, 0.4) is 0 Å². The molecule has 0 radical (unpaired) electrons. The van der Waals surface area contributed by atoms with Gasteiger partial charge < -0.3 is 5.73 Å². The number of para-hydroxylation sites is 1. The molecule has 1 aromatic heterocycles. The Morgan fingerprint density at radius 1 is 1.33 bits per heavy atom. The predicted molar refractivity (Wildman–Crippen MR) is 59.2 cm³/mol. The Labute approximate surface area is 100 Å². The summed E-state index contributed by atoms with van der Waals surface area (Å²) in [6, 6.07) is 4.52. The van der Waals surface area contributed by atoms with Crippen LogP contribution in [-0.2, 0) is 6.18 Å². The highest BCUT2D eigenvalue weighted by atomic mass is 19.4. The van der Waals surface area contributed by atoms with E-state index in [0.717, 1.165) is 10.9 Å². The molecular formula is C11H7F3N4. The molecule has 0 saturated heterocycles. The van der Waals surface area contributed by atoms with E-state index in [9.17, 15) is 13.2 Å². The van der Waals surface area contributed by atoms with Gasteiger partial charge in [0, 0.05) is 11.9 Å². The molecule has 0 spiro atoms. The SMILES string of the molecule is [C-]#[N+]c1cccc(N)c1-n1cc(C(F)(F)F)cn1. The van der Waals surface area contributed by atoms with E-state index < -0.39 is 11.7 Å². The van der Waals surface area contributed by atoms with Crippen LogP contribution in [-0.4, -0.2) is 9.78 Å². The summed E-state index contributed by atoms with van der Waals surface area (Å²) in [7, 11) is 0. The minimum atomic E-state index is -4.47. The lowest BCUT2D eigenvalue weighted by molar-refractivity contribution is -0.137. The number of benzene rings is 1. The number of aromatic nitrogens is 2. The van der Waals surface area contributed by atoms with Crippen LogP contribution in [0.2, 0.25) is 0 Å². The highest BCUT2D eigenvalue weighted by Gasteiger charge is 2.32. The van der Waals surface area contributed by atoms with Crippen LogP contribution >= 0.6 is 0 Å². The molecule has 4 nitrogen and oxygen atoms in total. The molecule has 1 heterocycles. The van der Waals surface area contributed by atoms with E-state index in [2.05, 4.69) is 9.94 Å². The molecular weight excluding hydrogens is 245 g/mol. The van der Waals surface area contributed by atoms with Gasteiger partial charge in [0.1, 0.15) is 0 Å². The third-order valence-electron chi connectivity index (χ3n) is 2.31. The molecule has 1 aromatic carbocycles. The van der Waals surface area contributed by atoms with Gasteiger partial charge in [0.05, 0.1) is 24.0 Å². The van der Waals surface area contributed by atoms with Gasteiger partial charge in [-0.15, -0.1) is 0 Å². The van der Waals surface area contributed by atoms with Crippen molar-refractivity contribution in [3.63, 3.8) is 0 Å². The van der Waals surface area contributed by atoms with E-state index in [-0.39, 0.29) is 17.1 Å². The van der Waals surface area contributed by atoms with E-state index in [1.807, 2.05) is 0 Å². The van der Waals surface area contributed by atoms with Gasteiger partial charge in [-0.3, -0.25) is 0 Å². The second-order valence-electron chi connectivity index (χ2n) is 3.50. The number of rotatable bonds is 1. The minimum absolute atomic E-state index is 0.145. The smallest absolute Gasteiger partial charge is 0.398 e. The lowest BCUT2D eigenvalue weighted by Crippen LogP contribution is -2.03. The Hall–Kier alpha value is -2.49. The van der Waals surface area contributed by atoms with E-state index >= 15 is 0 Å². The third-order valence-corrected chi connectivity index (χ3v) is 2.31. The second-order valence-corrected chi connectivity index (χ2v) is 3.50. The maximum Gasteiger partial charge on any atom is 0.419 e. The molecule has 0 amide bonds. The number of nitrogens with zero attached hydrogens (tertiary/aromatic N) is 3. The van der Waals surface area contributed by atoms with Gasteiger partial charge >= 0.3 is 6.18 Å². The molecule has 92 valence electrons. The third kappa shape index (κ3) is 2.00. The standard InChI is InChI=1S/C11H7F3N4/c1-16-9-4-2-3-8(15)10(9)18-6-7(5-17-18)11(12,13)14/h2-6H,15H2. The van der Waals surface area contributed by atoms with Crippen LogP contribution in [0.15, 0.2) is 30.6 Å². The summed E-state index contributed by atoms with van der Waals surface area (Å²) in [6.07, 6.45) is -2.97. The van der Waals surface area contributed by atoms with Crippen LogP contribution in [0.25, 0.3) is 10.5 Å². The maximum atomic E-state index is 12.5. The molecule has 0 saturated carbocycles. The lowest BCUT2D eigenvalue weighted by atomic mass is 10.2. The van der Waals surface area contributed by atoms with Crippen LogP contribution in [0.1, 0.15) is 5.56 Å². The Morgan fingerprint density at radius 2 is 2.06 bits per heavy atom. The molecule has 0 bridgehead atoms. The zero-order valence-electron chi connectivity index (χ0n) is 8.94. The first-order valence-corrected chi connectivity index (χ1v) is 4.81. The minimum Gasteiger partial charge on any atom is -0.398 e. The van der Waals surface area contributed by atoms with E-state index in [4.69, 9.17) is 12.3 Å². The average molecular weight is 252 g/mol. The molecule has 2 N–H and O–H groups in total. The number of nitrogen functional groups attached to an aromatic ring is 1. The number of alkyl halides is 3. The van der Waals surface area contributed by atoms with Crippen molar-refractivity contribution in [1.29, 1.82) is 0 Å². The van der Waals surface area contributed by atoms with Crippen molar-refractivity contribution in [3.8, 4) is 5.69 Å². The number of nitrogens with two attached hydrogens (primary N) is 1. The molecule has 18 heavy (non-hydrogen) atoms. The van der Waals surface area contributed by atoms with Gasteiger partial charge in [0.15, 0.2) is 0 Å². The summed E-state index contributed by atoms with van der Waals surface area (Å²) in [5, 5.41) is 3.60. The van der Waals surface area contributed by atoms with Gasteiger partial charge in [-0.2, -0.15) is 18.3 Å². The fraction of sp³-hybridized carbons (Fsp3) is 0.0909. The normalized spacial score (nSPS) is 11.2. The van der Waals surface area contributed by atoms with E-state index in [1.54, 1.807) is 6.07 Å². The molecule has 0 aliphatic heterocycles. The van der Waals surface area contributed by atoms with Crippen LogP contribution < -0.4 is 5.73 Å². The number of anilines is 1. The molecule has 0 unspecified atom stereocenters. The van der Waals surface area contributed by atoms with Gasteiger partial charge in [0.25, 0.3) is 0 Å². The first-order chi connectivity index (χ1) is 8.43. The first kappa shape index (κ1) is 12.0. The zero-order valence-corrected chi connectivity index (χ0v) is 8.94. The molecule has 2 rings (SSSR count). The molecule has 7 heteroatoms. The van der Waals surface area contributed by atoms with Crippen molar-refractivity contribution in [2.24, 2.45) is 0 Å². The number of hydrogen-bond donors (Lipinski definition) is 1. The average Bonchev–Trinajstić information content (AvgIpc) is 2.77. The Morgan fingerprint density at radius 3 is 2.61 bits per heavy atom. The van der Waals surface area contributed by atoms with Crippen LogP contribution in [0.4, 0.5) is 24.5 Å². The summed E-state index contributed by atoms with van der Waals surface area (Å²) < 4.78 is 38.3. The maximum absolute atomic E-state index is 12.5. The van der Waals surface area contributed by atoms with Gasteiger partial charge in [-0.05, 0) is 6.07 Å². The van der Waals surface area contributed by atoms with Gasteiger partial charge in [-0.1, -0.05) is 12.1 Å². The number of hydrogen-bond acceptors (Lipinski definition) is 2. The molecule has 0 atom stereocenters. The summed E-state index contributed by atoms with van der Waals surface area (Å²) in [6.45, 7) is 6.97. The van der Waals surface area contributed by atoms with Crippen molar-refractivity contribution >= 4 is 11.4 Å². The quantitative estimate of drug-likeness (QED) is 0.626. The fourth-order valence-electron chi connectivity index (χ4n) is 1.48. The summed E-state index contributed by atoms with van der Waals surface area (Å²) >= 11 is 0. The second kappa shape index (κ2) is 4.07. The Balaban J connectivity index is 2.57. The monoisotopic (exact) mass is 252 g/mol. The van der Waals surface area contributed by atoms with E-state index in [0.29, 0.717) is 6.20 Å². The summed E-state index contributed by atoms with van der Waals surface area (Å²) in [4.78, 5) is 3.21. The highest BCUT2D eigenvalue weighted by molar-refractivity contribution is 5.74. The number of halogens is 3. The van der Waals surface area contributed by atoms with Crippen molar-refractivity contribution in [2.45, 2.75) is 6.18 Å². The molecule has 2 aromatic rings. The highest BCUT2D eigenvalue weighted by Crippen LogP contribution is 2.32. The predicted octanol–water partition coefficient (Wildman–Crippen LogP) is 3.02. The summed E-state index contributed by atoms with van der Waals surface area (Å²) in [5.74, 6) is 0. The Kier molecular flexibility index (Phi) is 2.71. The van der Waals surface area contributed by atoms with Gasteiger partial charge in [-0.25, -0.2) is 9.53 Å². The summed E-state index contributed by atoms with van der Waals surface area (Å²) in [5.41, 5.74) is 5.27. The van der Waals surface area contributed by atoms with Crippen molar-refractivity contribution in [3.05, 3.63) is 47.6 Å². The van der Waals surface area contributed by atoms with Crippen molar-refractivity contribution < 1.29 is 13.2 Å². The van der Waals surface area contributed by atoms with E-state index in [1.165, 1.54) is 12.1 Å².